The number of rotatable bonds is 3. The molecule has 2 N–H and O–H groups in total. The second-order valence-electron chi connectivity index (χ2n) is 4.42. The summed E-state index contributed by atoms with van der Waals surface area (Å²) in [6, 6.07) is 9.42. The molecule has 0 aliphatic rings. The standard InChI is InChI=1S/C15H13BrN2O3/c1-20-13-9(16)7-8(12(19)14(13)21-2)15-17-10-5-3-4-6-11(10)18-15/h3-7,19H,1-2H3,(H,17,18). The van der Waals surface area contributed by atoms with Crippen LogP contribution >= 0.6 is 15.9 Å². The average molecular weight is 349 g/mol. The second kappa shape index (κ2) is 5.29. The highest BCUT2D eigenvalue weighted by Crippen LogP contribution is 2.47. The van der Waals surface area contributed by atoms with Crippen LogP contribution in [0.25, 0.3) is 22.4 Å². The number of imidazole rings is 1. The van der Waals surface area contributed by atoms with E-state index in [-0.39, 0.29) is 11.5 Å². The highest BCUT2D eigenvalue weighted by atomic mass is 79.9. The predicted molar refractivity (Wildman–Crippen MR) is 84.0 cm³/mol. The Morgan fingerprint density at radius 3 is 2.52 bits per heavy atom. The number of aromatic amines is 1. The Kier molecular flexibility index (Phi) is 3.47. The van der Waals surface area contributed by atoms with Crippen LogP contribution in [-0.4, -0.2) is 29.3 Å². The first kappa shape index (κ1) is 13.8. The van der Waals surface area contributed by atoms with Gasteiger partial charge in [0.1, 0.15) is 5.82 Å². The largest absolute Gasteiger partial charge is 0.504 e. The molecule has 0 aliphatic carbocycles. The molecule has 0 bridgehead atoms. The lowest BCUT2D eigenvalue weighted by molar-refractivity contribution is 0.332. The Labute approximate surface area is 129 Å². The van der Waals surface area contributed by atoms with Gasteiger partial charge in [0, 0.05) is 0 Å². The number of ether oxygens (including phenoxy) is 2. The van der Waals surface area contributed by atoms with Gasteiger partial charge in [0.15, 0.2) is 11.5 Å². The number of hydrogen-bond donors (Lipinski definition) is 2. The molecule has 3 aromatic rings. The van der Waals surface area contributed by atoms with Crippen molar-refractivity contribution in [2.45, 2.75) is 0 Å². The summed E-state index contributed by atoms with van der Waals surface area (Å²) in [6.45, 7) is 0. The quantitative estimate of drug-likeness (QED) is 0.756. The predicted octanol–water partition coefficient (Wildman–Crippen LogP) is 3.72. The number of halogens is 1. The number of para-hydroxylation sites is 2. The number of aromatic nitrogens is 2. The molecule has 0 saturated carbocycles. The lowest BCUT2D eigenvalue weighted by Gasteiger charge is -2.13. The van der Waals surface area contributed by atoms with Gasteiger partial charge in [0.05, 0.1) is 35.3 Å². The Bertz CT molecular complexity index is 781. The third-order valence-corrected chi connectivity index (χ3v) is 3.81. The average Bonchev–Trinajstić information content (AvgIpc) is 2.92. The van der Waals surface area contributed by atoms with Crippen LogP contribution < -0.4 is 9.47 Å². The van der Waals surface area contributed by atoms with E-state index in [1.54, 1.807) is 6.07 Å². The summed E-state index contributed by atoms with van der Waals surface area (Å²) in [5, 5.41) is 10.4. The number of hydrogen-bond acceptors (Lipinski definition) is 4. The molecule has 6 heteroatoms. The summed E-state index contributed by atoms with van der Waals surface area (Å²) in [7, 11) is 3.00. The molecule has 0 saturated heterocycles. The van der Waals surface area contributed by atoms with E-state index in [9.17, 15) is 5.11 Å². The van der Waals surface area contributed by atoms with Crippen LogP contribution in [-0.2, 0) is 0 Å². The minimum absolute atomic E-state index is 0.0170. The molecule has 1 heterocycles. The molecule has 0 unspecified atom stereocenters. The zero-order chi connectivity index (χ0) is 15.0. The zero-order valence-corrected chi connectivity index (χ0v) is 13.1. The highest BCUT2D eigenvalue weighted by molar-refractivity contribution is 9.10. The molecular formula is C15H13BrN2O3. The third kappa shape index (κ3) is 2.21. The van der Waals surface area contributed by atoms with Crippen LogP contribution in [0.1, 0.15) is 0 Å². The molecule has 3 rings (SSSR count). The molecule has 0 fully saturated rings. The van der Waals surface area contributed by atoms with E-state index < -0.39 is 0 Å². The smallest absolute Gasteiger partial charge is 0.205 e. The Balaban J connectivity index is 2.24. The van der Waals surface area contributed by atoms with Crippen molar-refractivity contribution in [2.24, 2.45) is 0 Å². The van der Waals surface area contributed by atoms with Gasteiger partial charge in [-0.05, 0) is 34.1 Å². The van der Waals surface area contributed by atoms with E-state index in [2.05, 4.69) is 25.9 Å². The van der Waals surface area contributed by atoms with E-state index in [0.717, 1.165) is 11.0 Å². The molecule has 108 valence electrons. The molecule has 2 aromatic carbocycles. The van der Waals surface area contributed by atoms with Crippen molar-refractivity contribution in [1.82, 2.24) is 9.97 Å². The van der Waals surface area contributed by atoms with Crippen LogP contribution in [0, 0.1) is 0 Å². The Morgan fingerprint density at radius 1 is 1.14 bits per heavy atom. The van der Waals surface area contributed by atoms with Gasteiger partial charge in [-0.25, -0.2) is 4.98 Å². The Morgan fingerprint density at radius 2 is 1.86 bits per heavy atom. The first-order valence-corrected chi connectivity index (χ1v) is 7.03. The number of benzene rings is 2. The number of nitrogens with one attached hydrogen (secondary N) is 1. The van der Waals surface area contributed by atoms with E-state index in [1.807, 2.05) is 24.3 Å². The van der Waals surface area contributed by atoms with Gasteiger partial charge in [0.2, 0.25) is 5.75 Å². The third-order valence-electron chi connectivity index (χ3n) is 3.22. The lowest BCUT2D eigenvalue weighted by Crippen LogP contribution is -1.94. The molecule has 1 aromatic heterocycles. The van der Waals surface area contributed by atoms with Gasteiger partial charge < -0.3 is 19.6 Å². The summed E-state index contributed by atoms with van der Waals surface area (Å²) in [5.41, 5.74) is 2.27. The summed E-state index contributed by atoms with van der Waals surface area (Å²) in [4.78, 5) is 7.66. The molecule has 0 aliphatic heterocycles. The first-order valence-electron chi connectivity index (χ1n) is 6.24. The number of aromatic hydroxyl groups is 1. The molecule has 5 nitrogen and oxygen atoms in total. The molecule has 0 atom stereocenters. The fourth-order valence-corrected chi connectivity index (χ4v) is 2.81. The molecular weight excluding hydrogens is 336 g/mol. The number of phenols is 1. The number of phenolic OH excluding ortho intramolecular Hbond substituents is 1. The van der Waals surface area contributed by atoms with Gasteiger partial charge in [-0.1, -0.05) is 12.1 Å². The number of H-pyrrole nitrogens is 1. The van der Waals surface area contributed by atoms with Crippen molar-refractivity contribution in [1.29, 1.82) is 0 Å². The summed E-state index contributed by atoms with van der Waals surface area (Å²) in [5.74, 6) is 1.25. The maximum atomic E-state index is 10.4. The molecule has 0 amide bonds. The normalized spacial score (nSPS) is 10.8. The van der Waals surface area contributed by atoms with Crippen molar-refractivity contribution in [3.8, 4) is 28.6 Å². The van der Waals surface area contributed by atoms with Gasteiger partial charge in [0.25, 0.3) is 0 Å². The zero-order valence-electron chi connectivity index (χ0n) is 11.5. The van der Waals surface area contributed by atoms with Gasteiger partial charge in [-0.15, -0.1) is 0 Å². The lowest BCUT2D eigenvalue weighted by atomic mass is 10.1. The number of fused-ring (bicyclic) bond motifs is 1. The van der Waals surface area contributed by atoms with E-state index in [1.165, 1.54) is 14.2 Å². The SMILES string of the molecule is COc1c(Br)cc(-c2nc3ccccc3[nH]2)c(O)c1OC. The second-order valence-corrected chi connectivity index (χ2v) is 5.28. The fourth-order valence-electron chi connectivity index (χ4n) is 2.24. The minimum atomic E-state index is -0.0170. The van der Waals surface area contributed by atoms with Crippen LogP contribution in [0.2, 0.25) is 0 Å². The van der Waals surface area contributed by atoms with Gasteiger partial charge in [-0.3, -0.25) is 0 Å². The highest BCUT2D eigenvalue weighted by Gasteiger charge is 2.21. The monoisotopic (exact) mass is 348 g/mol. The number of methoxy groups -OCH3 is 2. The van der Waals surface area contributed by atoms with Crippen molar-refractivity contribution in [2.75, 3.05) is 14.2 Å². The minimum Gasteiger partial charge on any atom is -0.504 e. The Hall–Kier alpha value is -2.21. The van der Waals surface area contributed by atoms with Crippen LogP contribution in [0.15, 0.2) is 34.8 Å². The van der Waals surface area contributed by atoms with E-state index >= 15 is 0 Å². The number of nitrogens with zero attached hydrogens (tertiary/aromatic N) is 1. The van der Waals surface area contributed by atoms with E-state index in [0.29, 0.717) is 21.6 Å². The van der Waals surface area contributed by atoms with Crippen molar-refractivity contribution < 1.29 is 14.6 Å². The van der Waals surface area contributed by atoms with Crippen molar-refractivity contribution in [3.05, 3.63) is 34.8 Å². The summed E-state index contributed by atoms with van der Waals surface area (Å²) < 4.78 is 11.1. The van der Waals surface area contributed by atoms with Crippen molar-refractivity contribution in [3.63, 3.8) is 0 Å². The van der Waals surface area contributed by atoms with Gasteiger partial charge >= 0.3 is 0 Å². The topological polar surface area (TPSA) is 67.4 Å². The maximum Gasteiger partial charge on any atom is 0.205 e. The van der Waals surface area contributed by atoms with Crippen LogP contribution in [0.3, 0.4) is 0 Å². The first-order chi connectivity index (χ1) is 10.2. The molecule has 21 heavy (non-hydrogen) atoms. The van der Waals surface area contributed by atoms with E-state index in [4.69, 9.17) is 9.47 Å². The molecule has 0 spiro atoms. The summed E-state index contributed by atoms with van der Waals surface area (Å²) >= 11 is 3.42. The molecule has 0 radical (unpaired) electrons. The van der Waals surface area contributed by atoms with Gasteiger partial charge in [-0.2, -0.15) is 0 Å². The summed E-state index contributed by atoms with van der Waals surface area (Å²) in [6.07, 6.45) is 0. The van der Waals surface area contributed by atoms with Crippen molar-refractivity contribution >= 4 is 27.0 Å². The fraction of sp³-hybridized carbons (Fsp3) is 0.133. The van der Waals surface area contributed by atoms with Crippen LogP contribution in [0.5, 0.6) is 17.2 Å². The van der Waals surface area contributed by atoms with Crippen LogP contribution in [0.4, 0.5) is 0 Å². The maximum absolute atomic E-state index is 10.4.